The number of amides is 3. The van der Waals surface area contributed by atoms with Crippen LogP contribution in [0.5, 0.6) is 0 Å². The molecular weight excluding hydrogens is 523 g/mol. The molecule has 0 radical (unpaired) electrons. The molecule has 3 aromatic rings. The lowest BCUT2D eigenvalue weighted by atomic mass is 10.1. The Balaban J connectivity index is 1.45. The smallest absolute Gasteiger partial charge is 0.342 e. The third-order valence-electron chi connectivity index (χ3n) is 5.12. The fourth-order valence-corrected chi connectivity index (χ4v) is 4.42. The minimum Gasteiger partial charge on any atom is -0.342 e. The molecule has 3 N–H and O–H groups in total. The van der Waals surface area contributed by atoms with Gasteiger partial charge in [0.2, 0.25) is 5.91 Å². The van der Waals surface area contributed by atoms with Crippen LogP contribution >= 0.6 is 22.9 Å². The van der Waals surface area contributed by atoms with E-state index in [-0.39, 0.29) is 22.3 Å². The van der Waals surface area contributed by atoms with Crippen molar-refractivity contribution >= 4 is 52.3 Å². The molecule has 0 fully saturated rings. The van der Waals surface area contributed by atoms with Crippen molar-refractivity contribution in [3.8, 4) is 0 Å². The Morgan fingerprint density at radius 3 is 2.67 bits per heavy atom. The second-order valence-corrected chi connectivity index (χ2v) is 9.18. The Labute approximate surface area is 210 Å². The Bertz CT molecular complexity index is 1350. The highest BCUT2D eigenvalue weighted by atomic mass is 35.5. The predicted octanol–water partition coefficient (Wildman–Crippen LogP) is 4.02. The average molecular weight is 540 g/mol. The van der Waals surface area contributed by atoms with Gasteiger partial charge in [-0.1, -0.05) is 11.6 Å². The molecule has 1 aliphatic heterocycles. The molecule has 0 aliphatic carbocycles. The van der Waals surface area contributed by atoms with Gasteiger partial charge in [-0.25, -0.2) is 19.9 Å². The topological polar surface area (TPSA) is 139 Å². The number of hydrogen-bond acceptors (Lipinski definition) is 8. The molecule has 10 nitrogen and oxygen atoms in total. The number of nitrogens with zero attached hydrogens (tertiary/aromatic N) is 4. The molecule has 0 saturated carbocycles. The Kier molecular flexibility index (Phi) is 7.17. The number of nitrogens with one attached hydrogen (secondary N) is 3. The first-order valence-electron chi connectivity index (χ1n) is 10.5. The van der Waals surface area contributed by atoms with Crippen molar-refractivity contribution in [3.63, 3.8) is 0 Å². The van der Waals surface area contributed by atoms with Crippen molar-refractivity contribution in [2.24, 2.45) is 0 Å². The zero-order chi connectivity index (χ0) is 26.0. The second-order valence-electron chi connectivity index (χ2n) is 7.71. The van der Waals surface area contributed by atoms with E-state index in [0.717, 1.165) is 17.5 Å². The van der Waals surface area contributed by atoms with Gasteiger partial charge in [-0.15, -0.1) is 11.3 Å². The van der Waals surface area contributed by atoms with Gasteiger partial charge >= 0.3 is 6.18 Å². The minimum absolute atomic E-state index is 0.0926. The van der Waals surface area contributed by atoms with Crippen LogP contribution < -0.4 is 16.0 Å². The van der Waals surface area contributed by atoms with Gasteiger partial charge in [0.05, 0.1) is 22.8 Å². The van der Waals surface area contributed by atoms with E-state index in [2.05, 4.69) is 35.9 Å². The fourth-order valence-electron chi connectivity index (χ4n) is 3.39. The van der Waals surface area contributed by atoms with Gasteiger partial charge in [-0.3, -0.25) is 14.4 Å². The number of alkyl halides is 3. The number of carbonyl (C=O) groups excluding carboxylic acids is 3. The van der Waals surface area contributed by atoms with E-state index in [0.29, 0.717) is 41.7 Å². The maximum absolute atomic E-state index is 13.0. The predicted molar refractivity (Wildman–Crippen MR) is 124 cm³/mol. The van der Waals surface area contributed by atoms with E-state index in [1.54, 1.807) is 6.92 Å². The van der Waals surface area contributed by atoms with Gasteiger partial charge in [0.25, 0.3) is 11.8 Å². The third-order valence-corrected chi connectivity index (χ3v) is 6.60. The summed E-state index contributed by atoms with van der Waals surface area (Å²) in [5, 5.41) is 7.47. The first-order chi connectivity index (χ1) is 17.0. The molecule has 188 valence electrons. The average Bonchev–Trinajstić information content (AvgIpc) is 3.23. The lowest BCUT2D eigenvalue weighted by molar-refractivity contribution is -0.137. The number of anilines is 2. The molecule has 1 atom stereocenters. The number of pyridine rings is 1. The standard InChI is InChI=1S/C21H17ClF3N7O3S/c1-9(30-19(35)16-10-3-2-4-15(33)32-17(10)29-8-28-16)20-27-7-13(36-20)18(34)31-14-5-11(21(23,24)25)12(22)6-26-14/h5-9H,2-4H2,1H3,(H,30,35)(H,26,31,34)(H,28,29,32,33)/t9-/m1/s1. The van der Waals surface area contributed by atoms with Gasteiger partial charge in [0.1, 0.15) is 33.5 Å². The maximum atomic E-state index is 13.0. The summed E-state index contributed by atoms with van der Waals surface area (Å²) in [7, 11) is 0. The summed E-state index contributed by atoms with van der Waals surface area (Å²) >= 11 is 6.50. The van der Waals surface area contributed by atoms with Crippen LogP contribution in [0.2, 0.25) is 5.02 Å². The molecular formula is C21H17ClF3N7O3S. The first-order valence-corrected chi connectivity index (χ1v) is 11.7. The van der Waals surface area contributed by atoms with E-state index in [1.807, 2.05) is 0 Å². The Hall–Kier alpha value is -3.65. The van der Waals surface area contributed by atoms with Gasteiger partial charge in [0.15, 0.2) is 0 Å². The highest BCUT2D eigenvalue weighted by molar-refractivity contribution is 7.13. The molecule has 4 rings (SSSR count). The number of aromatic nitrogens is 4. The van der Waals surface area contributed by atoms with Gasteiger partial charge in [0, 0.05) is 18.2 Å². The molecule has 0 aromatic carbocycles. The molecule has 0 spiro atoms. The first kappa shape index (κ1) is 25.4. The minimum atomic E-state index is -4.71. The molecule has 3 amide bonds. The van der Waals surface area contributed by atoms with Crippen molar-refractivity contribution in [2.45, 2.75) is 38.4 Å². The molecule has 3 aromatic heterocycles. The monoisotopic (exact) mass is 539 g/mol. The van der Waals surface area contributed by atoms with Crippen molar-refractivity contribution in [2.75, 3.05) is 10.6 Å². The maximum Gasteiger partial charge on any atom is 0.418 e. The van der Waals surface area contributed by atoms with Crippen LogP contribution in [0, 0.1) is 0 Å². The quantitative estimate of drug-likeness (QED) is 0.445. The molecule has 1 aliphatic rings. The van der Waals surface area contributed by atoms with Crippen molar-refractivity contribution in [1.29, 1.82) is 0 Å². The van der Waals surface area contributed by atoms with Gasteiger partial charge in [-0.2, -0.15) is 13.2 Å². The fraction of sp³-hybridized carbons (Fsp3) is 0.286. The largest absolute Gasteiger partial charge is 0.418 e. The summed E-state index contributed by atoms with van der Waals surface area (Å²) in [5.41, 5.74) is -0.475. The normalized spacial score (nSPS) is 14.3. The number of halogens is 4. The van der Waals surface area contributed by atoms with Gasteiger partial charge in [-0.05, 0) is 25.8 Å². The van der Waals surface area contributed by atoms with E-state index in [9.17, 15) is 27.6 Å². The lowest BCUT2D eigenvalue weighted by Gasteiger charge is -2.14. The Morgan fingerprint density at radius 1 is 1.14 bits per heavy atom. The van der Waals surface area contributed by atoms with Gasteiger partial charge < -0.3 is 16.0 Å². The van der Waals surface area contributed by atoms with Crippen LogP contribution in [0.1, 0.15) is 62.1 Å². The van der Waals surface area contributed by atoms with Crippen LogP contribution in [0.15, 0.2) is 24.8 Å². The van der Waals surface area contributed by atoms with Crippen LogP contribution in [0.25, 0.3) is 0 Å². The number of rotatable bonds is 5. The van der Waals surface area contributed by atoms with E-state index in [1.165, 1.54) is 12.5 Å². The zero-order valence-electron chi connectivity index (χ0n) is 18.4. The van der Waals surface area contributed by atoms with Crippen LogP contribution in [0.4, 0.5) is 24.8 Å². The number of carbonyl (C=O) groups is 3. The molecule has 15 heteroatoms. The van der Waals surface area contributed by atoms with Crippen LogP contribution in [0.3, 0.4) is 0 Å². The van der Waals surface area contributed by atoms with Crippen molar-refractivity contribution in [1.82, 2.24) is 25.3 Å². The highest BCUT2D eigenvalue weighted by Gasteiger charge is 2.34. The summed E-state index contributed by atoms with van der Waals surface area (Å²) in [6.45, 7) is 1.65. The molecule has 4 heterocycles. The molecule has 0 saturated heterocycles. The number of fused-ring (bicyclic) bond motifs is 1. The SMILES string of the molecule is C[C@@H](NC(=O)c1ncnc2c1CCCC(=O)N2)c1ncc(C(=O)Nc2cc(C(F)(F)F)c(Cl)cn2)s1. The second kappa shape index (κ2) is 10.1. The zero-order valence-corrected chi connectivity index (χ0v) is 20.0. The number of thiazole rings is 1. The molecule has 0 bridgehead atoms. The molecule has 0 unspecified atom stereocenters. The van der Waals surface area contributed by atoms with E-state index < -0.39 is 34.6 Å². The summed E-state index contributed by atoms with van der Waals surface area (Å²) in [6.07, 6.45) is -0.188. The Morgan fingerprint density at radius 2 is 1.92 bits per heavy atom. The van der Waals surface area contributed by atoms with Crippen LogP contribution in [-0.4, -0.2) is 37.7 Å². The summed E-state index contributed by atoms with van der Waals surface area (Å²) in [6, 6.07) is 0.0125. The third kappa shape index (κ3) is 5.60. The number of hydrogen-bond donors (Lipinski definition) is 3. The summed E-state index contributed by atoms with van der Waals surface area (Å²) in [4.78, 5) is 53.2. The summed E-state index contributed by atoms with van der Waals surface area (Å²) in [5.74, 6) is -1.46. The van der Waals surface area contributed by atoms with E-state index in [4.69, 9.17) is 11.6 Å². The van der Waals surface area contributed by atoms with Crippen molar-refractivity contribution < 1.29 is 27.6 Å². The van der Waals surface area contributed by atoms with Crippen molar-refractivity contribution in [3.05, 3.63) is 56.5 Å². The lowest BCUT2D eigenvalue weighted by Crippen LogP contribution is -2.29. The highest BCUT2D eigenvalue weighted by Crippen LogP contribution is 2.35. The van der Waals surface area contributed by atoms with E-state index >= 15 is 0 Å². The van der Waals surface area contributed by atoms with Crippen LogP contribution in [-0.2, 0) is 17.4 Å². The summed E-state index contributed by atoms with van der Waals surface area (Å²) < 4.78 is 39.1. The molecule has 36 heavy (non-hydrogen) atoms.